The van der Waals surface area contributed by atoms with Crippen LogP contribution in [0.1, 0.15) is 17.9 Å². The first-order valence-corrected chi connectivity index (χ1v) is 12.0. The molecule has 10 nitrogen and oxygen atoms in total. The van der Waals surface area contributed by atoms with Crippen molar-refractivity contribution in [3.8, 4) is 0 Å². The highest BCUT2D eigenvalue weighted by Gasteiger charge is 2.50. The number of halogens is 6. The van der Waals surface area contributed by atoms with E-state index in [4.69, 9.17) is 24.2 Å². The first-order valence-electron chi connectivity index (χ1n) is 10.1. The van der Waals surface area contributed by atoms with Crippen molar-refractivity contribution < 1.29 is 59.0 Å². The number of rotatable bonds is 3. The topological polar surface area (TPSA) is 141 Å². The summed E-state index contributed by atoms with van der Waals surface area (Å²) >= 11 is 0. The number of hydrogen-bond donors (Lipinski definition) is 2. The number of sulfonamides is 1. The van der Waals surface area contributed by atoms with Crippen LogP contribution in [0.15, 0.2) is 41.1 Å². The first kappa shape index (κ1) is 29.9. The largest absolute Gasteiger partial charge is 0.490 e. The van der Waals surface area contributed by atoms with Gasteiger partial charge in [-0.15, -0.1) is 0 Å². The molecule has 0 saturated carbocycles. The number of likely N-dealkylation sites (tertiary alicyclic amines) is 1. The molecule has 17 heteroatoms. The second-order valence-corrected chi connectivity index (χ2v) is 9.97. The molecule has 1 unspecified atom stereocenters. The molecule has 37 heavy (non-hydrogen) atoms. The van der Waals surface area contributed by atoms with Crippen LogP contribution in [0, 0.1) is 0 Å². The number of carboxylic acids is 2. The van der Waals surface area contributed by atoms with Crippen LogP contribution in [-0.4, -0.2) is 78.7 Å². The van der Waals surface area contributed by atoms with Crippen LogP contribution in [0.4, 0.5) is 32.0 Å². The molecule has 2 N–H and O–H groups in total. The lowest BCUT2D eigenvalue weighted by Crippen LogP contribution is -2.38. The predicted molar refractivity (Wildman–Crippen MR) is 114 cm³/mol. The molecule has 2 aliphatic heterocycles. The van der Waals surface area contributed by atoms with E-state index < -0.39 is 34.3 Å². The van der Waals surface area contributed by atoms with E-state index in [0.29, 0.717) is 6.54 Å². The second-order valence-electron chi connectivity index (χ2n) is 8.07. The highest BCUT2D eigenvalue weighted by molar-refractivity contribution is 7.92. The maximum Gasteiger partial charge on any atom is 0.490 e. The number of carboxylic acid groups (broad SMARTS) is 2. The van der Waals surface area contributed by atoms with Gasteiger partial charge in [-0.1, -0.05) is 0 Å². The molecule has 0 bridgehead atoms. The highest BCUT2D eigenvalue weighted by atomic mass is 32.2. The summed E-state index contributed by atoms with van der Waals surface area (Å²) in [5.41, 5.74) is 1.42. The zero-order chi connectivity index (χ0) is 28.2. The minimum absolute atomic E-state index is 0.216. The third kappa shape index (κ3) is 7.82. The van der Waals surface area contributed by atoms with Crippen LogP contribution in [-0.2, 0) is 31.6 Å². The molecule has 0 aromatic carbocycles. The lowest BCUT2D eigenvalue weighted by atomic mass is 9.85. The van der Waals surface area contributed by atoms with Crippen molar-refractivity contribution in [3.63, 3.8) is 0 Å². The van der Waals surface area contributed by atoms with Crippen LogP contribution < -0.4 is 4.31 Å². The molecule has 1 fully saturated rings. The summed E-state index contributed by atoms with van der Waals surface area (Å²) < 4.78 is 94.7. The van der Waals surface area contributed by atoms with E-state index in [0.717, 1.165) is 43.2 Å². The van der Waals surface area contributed by atoms with Gasteiger partial charge in [-0.05, 0) is 37.2 Å². The lowest BCUT2D eigenvalue weighted by molar-refractivity contribution is -0.193. The molecule has 2 aromatic rings. The molecule has 1 atom stereocenters. The van der Waals surface area contributed by atoms with Gasteiger partial charge in [0.2, 0.25) is 10.0 Å². The summed E-state index contributed by atoms with van der Waals surface area (Å²) in [6.45, 7) is 2.93. The fourth-order valence-corrected chi connectivity index (χ4v) is 4.76. The fraction of sp³-hybridized carbons (Fsp3) is 0.450. The molecule has 0 radical (unpaired) electrons. The van der Waals surface area contributed by atoms with E-state index in [1.807, 2.05) is 18.2 Å². The van der Waals surface area contributed by atoms with Gasteiger partial charge >= 0.3 is 24.3 Å². The number of anilines is 1. The van der Waals surface area contributed by atoms with Gasteiger partial charge in [0.1, 0.15) is 5.76 Å². The van der Waals surface area contributed by atoms with Crippen LogP contribution in [0.25, 0.3) is 0 Å². The Labute approximate surface area is 206 Å². The number of alkyl halides is 6. The monoisotopic (exact) mass is 561 g/mol. The van der Waals surface area contributed by atoms with Gasteiger partial charge < -0.3 is 14.6 Å². The Hall–Kier alpha value is -3.34. The third-order valence-corrected chi connectivity index (χ3v) is 6.41. The van der Waals surface area contributed by atoms with E-state index in [1.54, 1.807) is 18.5 Å². The number of aliphatic carboxylic acids is 2. The molecule has 2 aliphatic rings. The van der Waals surface area contributed by atoms with E-state index >= 15 is 0 Å². The quantitative estimate of drug-likeness (QED) is 0.541. The number of fused-ring (bicyclic) bond motifs is 2. The summed E-state index contributed by atoms with van der Waals surface area (Å²) in [5.74, 6) is -4.58. The molecule has 1 spiro atoms. The molecule has 0 aliphatic carbocycles. The van der Waals surface area contributed by atoms with Crippen molar-refractivity contribution in [1.82, 2.24) is 9.88 Å². The van der Waals surface area contributed by atoms with Crippen molar-refractivity contribution in [2.45, 2.75) is 30.7 Å². The summed E-state index contributed by atoms with van der Waals surface area (Å²) in [6, 6.07) is 7.51. The number of aromatic nitrogens is 1. The summed E-state index contributed by atoms with van der Waals surface area (Å²) in [4.78, 5) is 24.6. The second kappa shape index (κ2) is 11.0. The van der Waals surface area contributed by atoms with Crippen LogP contribution in [0.3, 0.4) is 0 Å². The summed E-state index contributed by atoms with van der Waals surface area (Å²) in [7, 11) is -3.29. The van der Waals surface area contributed by atoms with Crippen LogP contribution in [0.2, 0.25) is 0 Å². The van der Waals surface area contributed by atoms with Crippen molar-refractivity contribution in [2.75, 3.05) is 30.2 Å². The van der Waals surface area contributed by atoms with Crippen molar-refractivity contribution in [2.24, 2.45) is 0 Å². The zero-order valence-electron chi connectivity index (χ0n) is 19.0. The van der Waals surface area contributed by atoms with Crippen molar-refractivity contribution in [1.29, 1.82) is 0 Å². The van der Waals surface area contributed by atoms with Crippen molar-refractivity contribution in [3.05, 3.63) is 48.2 Å². The zero-order valence-corrected chi connectivity index (χ0v) is 19.8. The molecule has 2 aromatic heterocycles. The van der Waals surface area contributed by atoms with E-state index in [9.17, 15) is 34.8 Å². The Bertz CT molecular complexity index is 1180. The van der Waals surface area contributed by atoms with E-state index in [2.05, 4.69) is 9.88 Å². The number of pyridine rings is 1. The Kier molecular flexibility index (Phi) is 8.85. The molecule has 4 heterocycles. The smallest absolute Gasteiger partial charge is 0.475 e. The molecular weight excluding hydrogens is 540 g/mol. The molecule has 4 rings (SSSR count). The summed E-state index contributed by atoms with van der Waals surface area (Å²) in [6.07, 6.45) is -4.57. The minimum Gasteiger partial charge on any atom is -0.475 e. The van der Waals surface area contributed by atoms with E-state index in [-0.39, 0.29) is 5.41 Å². The van der Waals surface area contributed by atoms with Crippen molar-refractivity contribution >= 4 is 27.6 Å². The SMILES string of the molecule is CS(=O)(=O)N1CC2(CCN(Cc3ccco3)C2)c2ncccc21.O=C(O)C(F)(F)F.O=C(O)C(F)(F)F. The maximum atomic E-state index is 12.1. The van der Waals surface area contributed by atoms with Gasteiger partial charge in [0, 0.05) is 24.7 Å². The molecule has 0 amide bonds. The number of nitrogens with zero attached hydrogens (tertiary/aromatic N) is 3. The van der Waals surface area contributed by atoms with Gasteiger partial charge in [0.05, 0.1) is 30.4 Å². The van der Waals surface area contributed by atoms with Crippen LogP contribution in [0.5, 0.6) is 0 Å². The Morgan fingerprint density at radius 3 is 2.08 bits per heavy atom. The number of carbonyl (C=O) groups is 2. The Morgan fingerprint density at radius 1 is 1.05 bits per heavy atom. The van der Waals surface area contributed by atoms with E-state index in [1.165, 1.54) is 10.6 Å². The fourth-order valence-electron chi connectivity index (χ4n) is 3.78. The molecule has 1 saturated heterocycles. The standard InChI is InChI=1S/C16H19N3O3S.2C2HF3O2/c1-23(20,21)19-12-16(15-14(19)5-2-7-17-15)6-8-18(11-16)10-13-4-3-9-22-13;2*3-2(4,5)1(6)7/h2-5,7,9H,6,8,10-12H2,1H3;2*(H,6,7). The predicted octanol–water partition coefficient (Wildman–Crippen LogP) is 2.86. The van der Waals surface area contributed by atoms with Gasteiger partial charge in [-0.25, -0.2) is 18.0 Å². The Balaban J connectivity index is 0.000000286. The third-order valence-electron chi connectivity index (χ3n) is 5.28. The van der Waals surface area contributed by atoms with Gasteiger partial charge in [-0.3, -0.25) is 14.2 Å². The highest BCUT2D eigenvalue weighted by Crippen LogP contribution is 2.46. The lowest BCUT2D eigenvalue weighted by Gasteiger charge is -2.24. The average Bonchev–Trinajstić information content (AvgIpc) is 3.48. The minimum atomic E-state index is -5.08. The normalized spacial score (nSPS) is 19.5. The van der Waals surface area contributed by atoms with Crippen LogP contribution >= 0.6 is 0 Å². The molecular formula is C20H21F6N3O7S. The first-order chi connectivity index (χ1) is 16.9. The number of furan rings is 1. The summed E-state index contributed by atoms with van der Waals surface area (Å²) in [5, 5.41) is 14.2. The Morgan fingerprint density at radius 2 is 1.62 bits per heavy atom. The number of hydrogen-bond acceptors (Lipinski definition) is 7. The van der Waals surface area contributed by atoms with Gasteiger partial charge in [0.15, 0.2) is 0 Å². The van der Waals surface area contributed by atoms with Gasteiger partial charge in [-0.2, -0.15) is 26.3 Å². The maximum absolute atomic E-state index is 12.1. The molecule has 206 valence electrons. The average molecular weight is 561 g/mol. The van der Waals surface area contributed by atoms with Gasteiger partial charge in [0.25, 0.3) is 0 Å².